The molecule has 0 rings (SSSR count). The fourth-order valence-electron chi connectivity index (χ4n) is 9.42. The predicted octanol–water partition coefficient (Wildman–Crippen LogP) is 24.3. The van der Waals surface area contributed by atoms with Gasteiger partial charge in [-0.25, -0.2) is 4.57 Å². The van der Waals surface area contributed by atoms with Crippen molar-refractivity contribution >= 4 is 19.8 Å². The topological polar surface area (TPSA) is 108 Å². The summed E-state index contributed by atoms with van der Waals surface area (Å²) in [6.45, 7) is 4.18. The van der Waals surface area contributed by atoms with Crippen LogP contribution in [0.1, 0.15) is 271 Å². The lowest BCUT2D eigenvalue weighted by Gasteiger charge is -2.24. The van der Waals surface area contributed by atoms with Crippen LogP contribution in [0.15, 0.2) is 182 Å². The molecule has 1 N–H and O–H groups in total. The molecule has 0 saturated heterocycles. The van der Waals surface area contributed by atoms with Gasteiger partial charge in [-0.2, -0.15) is 0 Å². The lowest BCUT2D eigenvalue weighted by Crippen LogP contribution is -2.37. The van der Waals surface area contributed by atoms with Crippen molar-refractivity contribution < 1.29 is 42.1 Å². The smallest absolute Gasteiger partial charge is 0.462 e. The molecule has 0 radical (unpaired) electrons. The van der Waals surface area contributed by atoms with Gasteiger partial charge in [-0.3, -0.25) is 18.6 Å². The molecule has 2 unspecified atom stereocenters. The van der Waals surface area contributed by atoms with Gasteiger partial charge >= 0.3 is 19.8 Å². The molecule has 0 aliphatic heterocycles. The number of hydrogen-bond donors (Lipinski definition) is 1. The first kappa shape index (κ1) is 87.1. The molecule has 9 nitrogen and oxygen atoms in total. The molecule has 0 fully saturated rings. The van der Waals surface area contributed by atoms with Crippen molar-refractivity contribution in [3.05, 3.63) is 182 Å². The van der Waals surface area contributed by atoms with E-state index in [2.05, 4.69) is 196 Å². The molecular formula is C82H135NO8P+. The van der Waals surface area contributed by atoms with E-state index < -0.39 is 26.5 Å². The van der Waals surface area contributed by atoms with E-state index in [0.717, 1.165) is 148 Å². The van der Waals surface area contributed by atoms with Gasteiger partial charge in [0, 0.05) is 12.8 Å². The van der Waals surface area contributed by atoms with E-state index in [0.29, 0.717) is 17.4 Å². The summed E-state index contributed by atoms with van der Waals surface area (Å²) in [6.07, 6.45) is 109. The van der Waals surface area contributed by atoms with Gasteiger partial charge in [0.2, 0.25) is 0 Å². The molecule has 0 aromatic carbocycles. The number of carbonyl (C=O) groups is 2. The Bertz CT molecular complexity index is 2210. The number of likely N-dealkylation sites (N-methyl/N-ethyl adjacent to an activating group) is 1. The van der Waals surface area contributed by atoms with Crippen LogP contribution in [0, 0.1) is 0 Å². The lowest BCUT2D eigenvalue weighted by molar-refractivity contribution is -0.870. The highest BCUT2D eigenvalue weighted by Crippen LogP contribution is 2.43. The highest BCUT2D eigenvalue weighted by Gasteiger charge is 2.27. The molecule has 0 heterocycles. The third-order valence-corrected chi connectivity index (χ3v) is 15.9. The zero-order valence-corrected chi connectivity index (χ0v) is 60.1. The number of phosphoric acid groups is 1. The number of quaternary nitrogens is 1. The van der Waals surface area contributed by atoms with E-state index in [4.69, 9.17) is 18.5 Å². The second-order valence-electron chi connectivity index (χ2n) is 24.9. The number of carbonyl (C=O) groups excluding carboxylic acids is 2. The molecular weight excluding hydrogens is 1160 g/mol. The van der Waals surface area contributed by atoms with Crippen LogP contribution < -0.4 is 0 Å². The standard InChI is InChI=1S/C82H134NO8P/c1-6-8-10-12-14-16-18-20-22-24-26-28-30-32-34-36-37-38-39-40-41-42-43-44-45-47-49-51-53-55-57-59-61-63-65-67-69-71-73-75-82(85)91-80(79-90-92(86,87)89-77-76-83(3,4)5)78-88-81(84)74-72-70-68-66-64-62-60-58-56-54-52-50-48-46-35-33-31-29-27-25-23-21-19-17-15-13-11-9-7-2/h8-11,14-17,20-23,26-29,32,34,37-38,40-41,43-44,47,49,53,55,59,61,80H,6-7,12-13,18-19,24-25,30-31,33,35-36,39,42,45-46,48,50-52,54,56-58,60,62-79H2,1-5H3/p+1/b10-8-,11-9-,16-14-,17-15-,22-20-,23-21-,28-26-,29-27-,34-32-,38-37-,41-40-,44-43-,49-47-,55-53-,61-59-. The minimum atomic E-state index is -4.41. The van der Waals surface area contributed by atoms with Gasteiger partial charge in [0.15, 0.2) is 6.10 Å². The molecule has 2 atom stereocenters. The molecule has 0 aromatic heterocycles. The minimum absolute atomic E-state index is 0.0189. The monoisotopic (exact) mass is 1290 g/mol. The van der Waals surface area contributed by atoms with E-state index in [-0.39, 0.29) is 32.0 Å². The van der Waals surface area contributed by atoms with Crippen LogP contribution in [-0.2, 0) is 32.7 Å². The van der Waals surface area contributed by atoms with Crippen molar-refractivity contribution in [1.82, 2.24) is 0 Å². The minimum Gasteiger partial charge on any atom is -0.462 e. The number of ether oxygens (including phenoxy) is 2. The summed E-state index contributed by atoms with van der Waals surface area (Å²) in [4.78, 5) is 35.9. The summed E-state index contributed by atoms with van der Waals surface area (Å²) in [6, 6.07) is 0. The van der Waals surface area contributed by atoms with Crippen LogP contribution in [0.5, 0.6) is 0 Å². The van der Waals surface area contributed by atoms with Crippen molar-refractivity contribution in [2.75, 3.05) is 47.5 Å². The van der Waals surface area contributed by atoms with Crippen LogP contribution in [-0.4, -0.2) is 74.9 Å². The van der Waals surface area contributed by atoms with Gasteiger partial charge in [-0.15, -0.1) is 0 Å². The third-order valence-electron chi connectivity index (χ3n) is 14.9. The molecule has 10 heteroatoms. The van der Waals surface area contributed by atoms with E-state index >= 15 is 0 Å². The third kappa shape index (κ3) is 74.2. The summed E-state index contributed by atoms with van der Waals surface area (Å²) in [5, 5.41) is 0. The van der Waals surface area contributed by atoms with Crippen LogP contribution in [0.4, 0.5) is 0 Å². The Hall–Kier alpha value is -4.89. The Morgan fingerprint density at radius 1 is 0.337 bits per heavy atom. The number of esters is 2. The predicted molar refractivity (Wildman–Crippen MR) is 399 cm³/mol. The number of nitrogens with zero attached hydrogens (tertiary/aromatic N) is 1. The molecule has 0 saturated carbocycles. The van der Waals surface area contributed by atoms with Gasteiger partial charge in [0.1, 0.15) is 19.8 Å². The van der Waals surface area contributed by atoms with Crippen molar-refractivity contribution in [1.29, 1.82) is 0 Å². The Morgan fingerprint density at radius 3 is 0.870 bits per heavy atom. The summed E-state index contributed by atoms with van der Waals surface area (Å²) < 4.78 is 34.7. The zero-order valence-electron chi connectivity index (χ0n) is 59.2. The number of hydrogen-bond acceptors (Lipinski definition) is 7. The second kappa shape index (κ2) is 70.4. The summed E-state index contributed by atoms with van der Waals surface area (Å²) in [5.41, 5.74) is 0. The van der Waals surface area contributed by atoms with E-state index in [1.807, 2.05) is 21.1 Å². The molecule has 92 heavy (non-hydrogen) atoms. The SMILES string of the molecule is CC/C=C\C/C=C\C/C=C\C/C=C\C/C=C\C/C=C\C/C=C\C/C=C\C/C=C\C/C=C\C/C=C\CCCCCCCC(=O)OC(COC(=O)CCCCCCCCCCCCCCCCCC/C=C\C/C=C\C/C=C\C/C=C\CC)COP(=O)(O)OCC[N+](C)(C)C. The van der Waals surface area contributed by atoms with Crippen molar-refractivity contribution in [2.24, 2.45) is 0 Å². The molecule has 0 spiro atoms. The number of allylic oxidation sites excluding steroid dienone is 30. The van der Waals surface area contributed by atoms with Crippen molar-refractivity contribution in [2.45, 2.75) is 277 Å². The number of phosphoric ester groups is 1. The largest absolute Gasteiger partial charge is 0.472 e. The Balaban J connectivity index is 4.14. The van der Waals surface area contributed by atoms with E-state index in [1.54, 1.807) is 0 Å². The van der Waals surface area contributed by atoms with E-state index in [1.165, 1.54) is 89.9 Å². The van der Waals surface area contributed by atoms with Gasteiger partial charge in [0.05, 0.1) is 27.7 Å². The maximum absolute atomic E-state index is 12.9. The van der Waals surface area contributed by atoms with Crippen LogP contribution in [0.2, 0.25) is 0 Å². The molecule has 0 aliphatic rings. The van der Waals surface area contributed by atoms with Crippen LogP contribution >= 0.6 is 7.82 Å². The fourth-order valence-corrected chi connectivity index (χ4v) is 10.2. The Kier molecular flexibility index (Phi) is 66.7. The zero-order chi connectivity index (χ0) is 66.9. The first-order valence-corrected chi connectivity index (χ1v) is 38.0. The molecule has 520 valence electrons. The molecule has 0 aromatic rings. The number of unbranched alkanes of at least 4 members (excludes halogenated alkanes) is 21. The summed E-state index contributed by atoms with van der Waals surface area (Å²) >= 11 is 0. The van der Waals surface area contributed by atoms with Gasteiger partial charge in [0.25, 0.3) is 0 Å². The van der Waals surface area contributed by atoms with E-state index in [9.17, 15) is 19.0 Å². The first-order valence-electron chi connectivity index (χ1n) is 36.5. The van der Waals surface area contributed by atoms with Gasteiger partial charge in [-0.1, -0.05) is 305 Å². The molecule has 0 aliphatic carbocycles. The average molecular weight is 1290 g/mol. The highest BCUT2D eigenvalue weighted by atomic mass is 31.2. The maximum atomic E-state index is 12.9. The normalized spacial score (nSPS) is 14.2. The fraction of sp³-hybridized carbons (Fsp3) is 0.610. The molecule has 0 amide bonds. The first-order chi connectivity index (χ1) is 45.0. The summed E-state index contributed by atoms with van der Waals surface area (Å²) in [5.74, 6) is -0.827. The quantitative estimate of drug-likeness (QED) is 0.0211. The van der Waals surface area contributed by atoms with Crippen LogP contribution in [0.3, 0.4) is 0 Å². The average Bonchev–Trinajstić information content (AvgIpc) is 2.14. The van der Waals surface area contributed by atoms with Crippen molar-refractivity contribution in [3.63, 3.8) is 0 Å². The highest BCUT2D eigenvalue weighted by molar-refractivity contribution is 7.47. The second-order valence-corrected chi connectivity index (χ2v) is 26.3. The maximum Gasteiger partial charge on any atom is 0.472 e. The van der Waals surface area contributed by atoms with Crippen LogP contribution in [0.25, 0.3) is 0 Å². The number of rotatable bonds is 65. The van der Waals surface area contributed by atoms with Gasteiger partial charge in [-0.05, 0) is 135 Å². The van der Waals surface area contributed by atoms with Gasteiger partial charge < -0.3 is 18.9 Å². The Morgan fingerprint density at radius 2 is 0.587 bits per heavy atom. The van der Waals surface area contributed by atoms with Crippen molar-refractivity contribution in [3.8, 4) is 0 Å². The summed E-state index contributed by atoms with van der Waals surface area (Å²) in [7, 11) is 1.44. The Labute approximate surface area is 565 Å². The molecule has 0 bridgehead atoms. The lowest BCUT2D eigenvalue weighted by atomic mass is 10.0.